The fourth-order valence-corrected chi connectivity index (χ4v) is 3.94. The van der Waals surface area contributed by atoms with Crippen LogP contribution in [0.3, 0.4) is 0 Å². The van der Waals surface area contributed by atoms with E-state index in [1.54, 1.807) is 0 Å². The Kier molecular flexibility index (Phi) is 9.20. The lowest BCUT2D eigenvalue weighted by Gasteiger charge is -2.41. The van der Waals surface area contributed by atoms with E-state index < -0.39 is 0 Å². The molecule has 2 aliphatic rings. The zero-order valence-electron chi connectivity index (χ0n) is 13.6. The van der Waals surface area contributed by atoms with E-state index >= 15 is 0 Å². The van der Waals surface area contributed by atoms with Crippen LogP contribution in [-0.4, -0.2) is 44.3 Å². The largest absolute Gasteiger partial charge is 0.381 e. The number of rotatable bonds is 3. The first-order valence-corrected chi connectivity index (χ1v) is 8.42. The van der Waals surface area contributed by atoms with E-state index in [4.69, 9.17) is 16.3 Å². The fraction of sp³-hybridized carbons (Fsp3) is 0.647. The van der Waals surface area contributed by atoms with Gasteiger partial charge >= 0.3 is 0 Å². The highest BCUT2D eigenvalue weighted by Crippen LogP contribution is 2.37. The predicted octanol–water partition coefficient (Wildman–Crippen LogP) is 3.86. The topological polar surface area (TPSA) is 24.5 Å². The number of piperazine rings is 1. The molecule has 2 fully saturated rings. The third-order valence-corrected chi connectivity index (χ3v) is 5.04. The van der Waals surface area contributed by atoms with Gasteiger partial charge in [0.2, 0.25) is 0 Å². The monoisotopic (exact) mass is 380 g/mol. The Hall–Kier alpha value is -0.0300. The van der Waals surface area contributed by atoms with Gasteiger partial charge in [0, 0.05) is 50.5 Å². The number of hydrogen-bond acceptors (Lipinski definition) is 3. The smallest absolute Gasteiger partial charge is 0.0469 e. The van der Waals surface area contributed by atoms with Gasteiger partial charge in [0.05, 0.1) is 0 Å². The molecule has 3 rings (SSSR count). The van der Waals surface area contributed by atoms with Gasteiger partial charge in [-0.25, -0.2) is 0 Å². The summed E-state index contributed by atoms with van der Waals surface area (Å²) in [5.41, 5.74) is 2.77. The van der Waals surface area contributed by atoms with Crippen molar-refractivity contribution < 1.29 is 4.74 Å². The van der Waals surface area contributed by atoms with Crippen LogP contribution in [0.5, 0.6) is 0 Å². The maximum Gasteiger partial charge on any atom is 0.0469 e. The Morgan fingerprint density at radius 1 is 1.17 bits per heavy atom. The Balaban J connectivity index is 0.00000132. The molecule has 0 bridgehead atoms. The number of halogens is 3. The molecule has 1 atom stereocenters. The summed E-state index contributed by atoms with van der Waals surface area (Å²) in [6, 6.07) is 6.89. The molecule has 0 spiro atoms. The number of nitrogens with one attached hydrogen (secondary N) is 1. The minimum atomic E-state index is 0. The molecule has 0 unspecified atom stereocenters. The van der Waals surface area contributed by atoms with Crippen molar-refractivity contribution in [3.05, 3.63) is 34.3 Å². The summed E-state index contributed by atoms with van der Waals surface area (Å²) in [5, 5.41) is 4.30. The summed E-state index contributed by atoms with van der Waals surface area (Å²) in [6.07, 6.45) is 2.33. The molecule has 2 saturated heterocycles. The minimum Gasteiger partial charge on any atom is -0.381 e. The molecule has 23 heavy (non-hydrogen) atoms. The van der Waals surface area contributed by atoms with Gasteiger partial charge in [-0.1, -0.05) is 17.7 Å². The summed E-state index contributed by atoms with van der Waals surface area (Å²) in [6.45, 7) is 8.43. The highest BCUT2D eigenvalue weighted by Gasteiger charge is 2.32. The number of benzene rings is 1. The normalized spacial score (nSPS) is 21.1. The summed E-state index contributed by atoms with van der Waals surface area (Å²) >= 11 is 6.15. The Labute approximate surface area is 156 Å². The molecule has 1 aromatic rings. The van der Waals surface area contributed by atoms with Crippen molar-refractivity contribution in [2.45, 2.75) is 25.8 Å². The van der Waals surface area contributed by atoms with Gasteiger partial charge in [-0.05, 0) is 48.9 Å². The van der Waals surface area contributed by atoms with E-state index in [0.29, 0.717) is 12.0 Å². The Bertz CT molecular complexity index is 457. The number of aryl methyl sites for hydroxylation is 1. The maximum absolute atomic E-state index is 6.15. The Morgan fingerprint density at radius 3 is 2.43 bits per heavy atom. The number of ether oxygens (including phenoxy) is 1. The second-order valence-corrected chi connectivity index (χ2v) is 6.62. The lowest BCUT2D eigenvalue weighted by atomic mass is 9.84. The van der Waals surface area contributed by atoms with E-state index in [-0.39, 0.29) is 24.8 Å². The first-order valence-electron chi connectivity index (χ1n) is 8.04. The predicted molar refractivity (Wildman–Crippen MR) is 101 cm³/mol. The quantitative estimate of drug-likeness (QED) is 0.860. The van der Waals surface area contributed by atoms with Crippen LogP contribution in [0, 0.1) is 12.8 Å². The van der Waals surface area contributed by atoms with E-state index in [9.17, 15) is 0 Å². The van der Waals surface area contributed by atoms with Crippen LogP contribution in [0.4, 0.5) is 0 Å². The lowest BCUT2D eigenvalue weighted by molar-refractivity contribution is 0.0211. The summed E-state index contributed by atoms with van der Waals surface area (Å²) < 4.78 is 5.57. The van der Waals surface area contributed by atoms with Crippen LogP contribution in [-0.2, 0) is 4.74 Å². The van der Waals surface area contributed by atoms with Crippen molar-refractivity contribution in [2.75, 3.05) is 39.4 Å². The van der Waals surface area contributed by atoms with Crippen molar-refractivity contribution in [3.8, 4) is 0 Å². The summed E-state index contributed by atoms with van der Waals surface area (Å²) in [7, 11) is 0. The molecule has 1 aromatic carbocycles. The van der Waals surface area contributed by atoms with Gasteiger partial charge < -0.3 is 10.1 Å². The van der Waals surface area contributed by atoms with Crippen LogP contribution < -0.4 is 5.32 Å². The molecule has 0 amide bonds. The molecule has 0 saturated carbocycles. The third kappa shape index (κ3) is 5.22. The number of nitrogens with zero attached hydrogens (tertiary/aromatic N) is 1. The van der Waals surface area contributed by atoms with Crippen molar-refractivity contribution in [2.24, 2.45) is 5.92 Å². The zero-order chi connectivity index (χ0) is 14.7. The maximum atomic E-state index is 6.15. The molecular weight excluding hydrogens is 355 g/mol. The van der Waals surface area contributed by atoms with Crippen molar-refractivity contribution in [1.82, 2.24) is 10.2 Å². The zero-order valence-corrected chi connectivity index (χ0v) is 16.0. The van der Waals surface area contributed by atoms with Crippen LogP contribution in [0.1, 0.15) is 30.0 Å². The minimum absolute atomic E-state index is 0. The second kappa shape index (κ2) is 10.1. The fourth-order valence-electron chi connectivity index (χ4n) is 3.71. The first kappa shape index (κ1) is 21.0. The van der Waals surface area contributed by atoms with Gasteiger partial charge in [-0.3, -0.25) is 4.90 Å². The van der Waals surface area contributed by atoms with E-state index in [1.165, 1.54) is 11.1 Å². The van der Waals surface area contributed by atoms with Gasteiger partial charge in [-0.2, -0.15) is 0 Å². The summed E-state index contributed by atoms with van der Waals surface area (Å²) in [5.74, 6) is 0.691. The first-order chi connectivity index (χ1) is 10.3. The van der Waals surface area contributed by atoms with Crippen molar-refractivity contribution >= 4 is 36.4 Å². The average molecular weight is 382 g/mol. The second-order valence-electron chi connectivity index (χ2n) is 6.18. The van der Waals surface area contributed by atoms with Crippen LogP contribution in [0.2, 0.25) is 5.02 Å². The molecule has 3 nitrogen and oxygen atoms in total. The molecule has 6 heteroatoms. The lowest BCUT2D eigenvalue weighted by Crippen LogP contribution is -2.47. The SMILES string of the molecule is Cc1cc(Cl)ccc1[C@@H](C1CCOCC1)N1CCNCC1.Cl.Cl. The molecule has 0 radical (unpaired) electrons. The van der Waals surface area contributed by atoms with E-state index in [1.807, 2.05) is 6.07 Å². The van der Waals surface area contributed by atoms with Gasteiger partial charge in [0.25, 0.3) is 0 Å². The molecule has 2 aliphatic heterocycles. The van der Waals surface area contributed by atoms with Gasteiger partial charge in [-0.15, -0.1) is 24.8 Å². The van der Waals surface area contributed by atoms with Crippen molar-refractivity contribution in [1.29, 1.82) is 0 Å². The Morgan fingerprint density at radius 2 is 1.83 bits per heavy atom. The van der Waals surface area contributed by atoms with Gasteiger partial charge in [0.15, 0.2) is 0 Å². The van der Waals surface area contributed by atoms with Crippen molar-refractivity contribution in [3.63, 3.8) is 0 Å². The van der Waals surface area contributed by atoms with Crippen LogP contribution >= 0.6 is 36.4 Å². The van der Waals surface area contributed by atoms with Gasteiger partial charge in [0.1, 0.15) is 0 Å². The third-order valence-electron chi connectivity index (χ3n) is 4.81. The van der Waals surface area contributed by atoms with E-state index in [0.717, 1.165) is 57.3 Å². The number of hydrogen-bond donors (Lipinski definition) is 1. The molecule has 0 aliphatic carbocycles. The standard InChI is InChI=1S/C17H25ClN2O.2ClH/c1-13-12-15(18)2-3-16(13)17(14-4-10-21-11-5-14)20-8-6-19-7-9-20;;/h2-3,12,14,17,19H,4-11H2,1H3;2*1H/t17-;;/m1../s1. The summed E-state index contributed by atoms with van der Waals surface area (Å²) in [4.78, 5) is 2.66. The molecule has 132 valence electrons. The highest BCUT2D eigenvalue weighted by molar-refractivity contribution is 6.30. The average Bonchev–Trinajstić information content (AvgIpc) is 2.52. The molecular formula is C17H27Cl3N2O. The van der Waals surface area contributed by atoms with E-state index in [2.05, 4.69) is 29.3 Å². The highest BCUT2D eigenvalue weighted by atomic mass is 35.5. The molecule has 1 N–H and O–H groups in total. The van der Waals surface area contributed by atoms with Crippen LogP contribution in [0.25, 0.3) is 0 Å². The molecule has 2 heterocycles. The molecule has 0 aromatic heterocycles. The van der Waals surface area contributed by atoms with Crippen LogP contribution in [0.15, 0.2) is 18.2 Å².